The lowest BCUT2D eigenvalue weighted by Gasteiger charge is -2.09. The van der Waals surface area contributed by atoms with Gasteiger partial charge in [-0.3, -0.25) is 4.57 Å². The molecule has 0 fully saturated rings. The molecular formula is C16H14ClN3. The van der Waals surface area contributed by atoms with Gasteiger partial charge in [0, 0.05) is 11.3 Å². The third-order valence-electron chi connectivity index (χ3n) is 3.17. The summed E-state index contributed by atoms with van der Waals surface area (Å²) in [5, 5.41) is 8.48. The van der Waals surface area contributed by atoms with Crippen LogP contribution in [0.5, 0.6) is 0 Å². The fraction of sp³-hybridized carbons (Fsp3) is 0.125. The van der Waals surface area contributed by atoms with Crippen LogP contribution < -0.4 is 0 Å². The summed E-state index contributed by atoms with van der Waals surface area (Å²) in [6.45, 7) is 2.07. The Balaban J connectivity index is 2.17. The molecule has 3 rings (SSSR count). The van der Waals surface area contributed by atoms with E-state index >= 15 is 0 Å². The molecule has 4 heteroatoms. The van der Waals surface area contributed by atoms with Crippen LogP contribution in [0.3, 0.4) is 0 Å². The number of aryl methyl sites for hydroxylation is 1. The predicted molar refractivity (Wildman–Crippen MR) is 81.1 cm³/mol. The number of rotatable bonds is 3. The molecule has 3 aromatic rings. The molecule has 0 saturated heterocycles. The molecule has 0 aliphatic heterocycles. The number of benzene rings is 2. The monoisotopic (exact) mass is 283 g/mol. The SMILES string of the molecule is Cc1ccc(-c2nnc(CCl)n2-c2ccccc2)cc1. The van der Waals surface area contributed by atoms with Gasteiger partial charge in [0.15, 0.2) is 11.6 Å². The number of halogens is 1. The third kappa shape index (κ3) is 2.32. The lowest BCUT2D eigenvalue weighted by Crippen LogP contribution is -2.01. The van der Waals surface area contributed by atoms with E-state index in [0.29, 0.717) is 5.88 Å². The average molecular weight is 284 g/mol. The van der Waals surface area contributed by atoms with E-state index in [0.717, 1.165) is 22.9 Å². The molecule has 3 nitrogen and oxygen atoms in total. The molecule has 100 valence electrons. The molecule has 0 atom stereocenters. The van der Waals surface area contributed by atoms with Crippen LogP contribution in [0.2, 0.25) is 0 Å². The second-order valence-electron chi connectivity index (χ2n) is 4.61. The van der Waals surface area contributed by atoms with Gasteiger partial charge >= 0.3 is 0 Å². The fourth-order valence-electron chi connectivity index (χ4n) is 2.14. The molecule has 0 N–H and O–H groups in total. The van der Waals surface area contributed by atoms with Crippen molar-refractivity contribution in [1.82, 2.24) is 14.8 Å². The zero-order chi connectivity index (χ0) is 13.9. The van der Waals surface area contributed by atoms with Gasteiger partial charge in [0.05, 0.1) is 5.88 Å². The first-order chi connectivity index (χ1) is 9.79. The maximum Gasteiger partial charge on any atom is 0.168 e. The van der Waals surface area contributed by atoms with Crippen molar-refractivity contribution in [1.29, 1.82) is 0 Å². The molecule has 0 radical (unpaired) electrons. The highest BCUT2D eigenvalue weighted by Gasteiger charge is 2.14. The number of alkyl halides is 1. The molecular weight excluding hydrogens is 270 g/mol. The van der Waals surface area contributed by atoms with Crippen molar-refractivity contribution >= 4 is 11.6 Å². The maximum absolute atomic E-state index is 5.98. The summed E-state index contributed by atoms with van der Waals surface area (Å²) in [5.41, 5.74) is 3.27. The molecule has 0 aliphatic rings. The van der Waals surface area contributed by atoms with Crippen LogP contribution in [0.25, 0.3) is 17.1 Å². The Labute approximate surface area is 122 Å². The van der Waals surface area contributed by atoms with Crippen LogP contribution in [-0.4, -0.2) is 14.8 Å². The smallest absolute Gasteiger partial charge is 0.168 e. The Morgan fingerprint density at radius 2 is 1.65 bits per heavy atom. The number of aromatic nitrogens is 3. The predicted octanol–water partition coefficient (Wildman–Crippen LogP) is 3.98. The van der Waals surface area contributed by atoms with Gasteiger partial charge in [-0.1, -0.05) is 48.0 Å². The van der Waals surface area contributed by atoms with E-state index in [-0.39, 0.29) is 0 Å². The lowest BCUT2D eigenvalue weighted by atomic mass is 10.1. The fourth-order valence-corrected chi connectivity index (χ4v) is 2.31. The van der Waals surface area contributed by atoms with E-state index in [1.165, 1.54) is 5.56 Å². The second kappa shape index (κ2) is 5.47. The molecule has 0 bridgehead atoms. The van der Waals surface area contributed by atoms with Crippen molar-refractivity contribution in [2.24, 2.45) is 0 Å². The molecule has 1 heterocycles. The van der Waals surface area contributed by atoms with Crippen LogP contribution in [0.15, 0.2) is 54.6 Å². The molecule has 0 spiro atoms. The van der Waals surface area contributed by atoms with Gasteiger partial charge in [0.1, 0.15) is 0 Å². The number of hydrogen-bond acceptors (Lipinski definition) is 2. The largest absolute Gasteiger partial charge is 0.278 e. The minimum Gasteiger partial charge on any atom is -0.278 e. The maximum atomic E-state index is 5.98. The summed E-state index contributed by atoms with van der Waals surface area (Å²) in [6.07, 6.45) is 0. The van der Waals surface area contributed by atoms with E-state index in [2.05, 4.69) is 41.4 Å². The van der Waals surface area contributed by atoms with Crippen molar-refractivity contribution in [2.45, 2.75) is 12.8 Å². The first-order valence-electron chi connectivity index (χ1n) is 6.42. The van der Waals surface area contributed by atoms with Crippen LogP contribution in [0.4, 0.5) is 0 Å². The van der Waals surface area contributed by atoms with Crippen molar-refractivity contribution < 1.29 is 0 Å². The summed E-state index contributed by atoms with van der Waals surface area (Å²) >= 11 is 5.98. The zero-order valence-corrected chi connectivity index (χ0v) is 11.9. The molecule has 2 aromatic carbocycles. The highest BCUT2D eigenvalue weighted by molar-refractivity contribution is 6.16. The van der Waals surface area contributed by atoms with Crippen molar-refractivity contribution in [2.75, 3.05) is 0 Å². The number of hydrogen-bond donors (Lipinski definition) is 0. The summed E-state index contributed by atoms with van der Waals surface area (Å²) in [6, 6.07) is 18.3. The third-order valence-corrected chi connectivity index (χ3v) is 3.41. The summed E-state index contributed by atoms with van der Waals surface area (Å²) in [4.78, 5) is 0. The zero-order valence-electron chi connectivity index (χ0n) is 11.1. The van der Waals surface area contributed by atoms with Crippen molar-refractivity contribution in [3.63, 3.8) is 0 Å². The van der Waals surface area contributed by atoms with Gasteiger partial charge < -0.3 is 0 Å². The molecule has 0 saturated carbocycles. The Bertz CT molecular complexity index is 702. The Morgan fingerprint density at radius 3 is 2.30 bits per heavy atom. The van der Waals surface area contributed by atoms with E-state index in [9.17, 15) is 0 Å². The van der Waals surface area contributed by atoms with E-state index in [1.807, 2.05) is 34.9 Å². The standard InChI is InChI=1S/C16H14ClN3/c1-12-7-9-13(10-8-12)16-19-18-15(11-17)20(16)14-5-3-2-4-6-14/h2-10H,11H2,1H3. The molecule has 1 aromatic heterocycles. The minimum absolute atomic E-state index is 0.327. The van der Waals surface area contributed by atoms with Gasteiger partial charge in [0.2, 0.25) is 0 Å². The topological polar surface area (TPSA) is 30.7 Å². The average Bonchev–Trinajstić information content (AvgIpc) is 2.93. The quantitative estimate of drug-likeness (QED) is 0.681. The number of para-hydroxylation sites is 1. The Morgan fingerprint density at radius 1 is 0.950 bits per heavy atom. The van der Waals surface area contributed by atoms with E-state index in [4.69, 9.17) is 11.6 Å². The Hall–Kier alpha value is -2.13. The minimum atomic E-state index is 0.327. The molecule has 0 unspecified atom stereocenters. The first kappa shape index (κ1) is 12.9. The summed E-state index contributed by atoms with van der Waals surface area (Å²) in [5.74, 6) is 1.88. The van der Waals surface area contributed by atoms with E-state index < -0.39 is 0 Å². The second-order valence-corrected chi connectivity index (χ2v) is 4.88. The normalized spacial score (nSPS) is 10.7. The van der Waals surface area contributed by atoms with Crippen molar-refractivity contribution in [3.8, 4) is 17.1 Å². The summed E-state index contributed by atoms with van der Waals surface area (Å²) in [7, 11) is 0. The highest BCUT2D eigenvalue weighted by Crippen LogP contribution is 2.23. The summed E-state index contributed by atoms with van der Waals surface area (Å²) < 4.78 is 2.00. The van der Waals surface area contributed by atoms with Crippen molar-refractivity contribution in [3.05, 3.63) is 66.0 Å². The van der Waals surface area contributed by atoms with Crippen LogP contribution in [0.1, 0.15) is 11.4 Å². The lowest BCUT2D eigenvalue weighted by molar-refractivity contribution is 0.953. The first-order valence-corrected chi connectivity index (χ1v) is 6.96. The van der Waals surface area contributed by atoms with Gasteiger partial charge in [-0.05, 0) is 19.1 Å². The highest BCUT2D eigenvalue weighted by atomic mass is 35.5. The van der Waals surface area contributed by atoms with Crippen LogP contribution in [-0.2, 0) is 5.88 Å². The molecule has 0 aliphatic carbocycles. The van der Waals surface area contributed by atoms with Gasteiger partial charge in [0.25, 0.3) is 0 Å². The molecule has 20 heavy (non-hydrogen) atoms. The molecule has 0 amide bonds. The van der Waals surface area contributed by atoms with Crippen LogP contribution in [0, 0.1) is 6.92 Å². The van der Waals surface area contributed by atoms with E-state index in [1.54, 1.807) is 0 Å². The Kier molecular flexibility index (Phi) is 3.52. The van der Waals surface area contributed by atoms with Gasteiger partial charge in [-0.25, -0.2) is 0 Å². The van der Waals surface area contributed by atoms with Crippen LogP contribution >= 0.6 is 11.6 Å². The van der Waals surface area contributed by atoms with Gasteiger partial charge in [-0.2, -0.15) is 0 Å². The number of nitrogens with zero attached hydrogens (tertiary/aromatic N) is 3. The van der Waals surface area contributed by atoms with Gasteiger partial charge in [-0.15, -0.1) is 21.8 Å².